The topological polar surface area (TPSA) is 316 Å². The van der Waals surface area contributed by atoms with E-state index in [-0.39, 0.29) is 155 Å². The molecule has 5 N–H and O–H groups in total. The number of hydrogen-bond acceptors (Lipinski definition) is 23. The Hall–Kier alpha value is -6.49. The molecule has 23 nitrogen and oxygen atoms in total. The molecule has 0 fully saturated rings. The number of rotatable bonds is 44. The van der Waals surface area contributed by atoms with Crippen molar-refractivity contribution in [3.8, 4) is 17.6 Å². The summed E-state index contributed by atoms with van der Waals surface area (Å²) >= 11 is 0. The number of para-hydroxylation sites is 1. The highest BCUT2D eigenvalue weighted by atomic mass is 32.2. The molecule has 3 rings (SSSR count). The molecular weight excluding hydrogens is 1050 g/mol. The van der Waals surface area contributed by atoms with Gasteiger partial charge < -0.3 is 59.1 Å². The minimum absolute atomic E-state index is 0.0302. The fourth-order valence-corrected chi connectivity index (χ4v) is 9.09. The highest BCUT2D eigenvalue weighted by molar-refractivity contribution is 7.91. The molecule has 1 aromatic heterocycles. The van der Waals surface area contributed by atoms with Gasteiger partial charge in [0, 0.05) is 95.1 Å². The third-order valence-electron chi connectivity index (χ3n) is 12.1. The quantitative estimate of drug-likeness (QED) is 0.0160. The van der Waals surface area contributed by atoms with Crippen LogP contribution in [-0.4, -0.2) is 163 Å². The second kappa shape index (κ2) is 39.8. The molecule has 0 amide bonds. The highest BCUT2D eigenvalue weighted by Gasteiger charge is 2.25. The second-order valence-corrected chi connectivity index (χ2v) is 20.2. The fraction of sp³-hybridized carbons (Fsp3) is 0.600. The molecule has 0 radical (unpaired) electrons. The normalized spacial score (nSPS) is 11.3. The van der Waals surface area contributed by atoms with Crippen molar-refractivity contribution in [2.24, 2.45) is 10.2 Å². The summed E-state index contributed by atoms with van der Waals surface area (Å²) in [5.74, 6) is -1.38. The Morgan fingerprint density at radius 3 is 1.70 bits per heavy atom. The Morgan fingerprint density at radius 2 is 1.16 bits per heavy atom. The van der Waals surface area contributed by atoms with Crippen LogP contribution in [0, 0.1) is 18.3 Å². The van der Waals surface area contributed by atoms with Gasteiger partial charge in [-0.05, 0) is 76.8 Å². The largest absolute Gasteiger partial charge is 0.495 e. The number of carbonyl (C=O) groups excluding carboxylic acids is 4. The SMILES string of the molecule is COc1cc(S(=O)(=O)CCN(CCOC(=O)CCCCCO)CCOC(=O)CCCCCO)c(OC)cc1N=Nc1c(Nc2ccccc2)nc(NCCOCCOC(=O)CCCCCOC(=O)CCCCCO)c(C#N)c1C. The van der Waals surface area contributed by atoms with Crippen molar-refractivity contribution in [2.45, 2.75) is 115 Å². The molecule has 0 saturated heterocycles. The van der Waals surface area contributed by atoms with Crippen LogP contribution in [-0.2, 0) is 52.7 Å². The average molecular weight is 1130 g/mol. The number of methoxy groups -OCH3 is 2. The number of aromatic nitrogens is 1. The number of nitrogens with one attached hydrogen (secondary N) is 2. The summed E-state index contributed by atoms with van der Waals surface area (Å²) in [7, 11) is -1.45. The van der Waals surface area contributed by atoms with Gasteiger partial charge in [0.15, 0.2) is 15.7 Å². The number of hydrogen-bond donors (Lipinski definition) is 5. The van der Waals surface area contributed by atoms with Gasteiger partial charge in [0.1, 0.15) is 59.5 Å². The maximum absolute atomic E-state index is 14.1. The molecule has 0 bridgehead atoms. The Labute approximate surface area is 464 Å². The van der Waals surface area contributed by atoms with E-state index in [9.17, 15) is 32.9 Å². The van der Waals surface area contributed by atoms with Crippen LogP contribution < -0.4 is 20.1 Å². The Morgan fingerprint density at radius 1 is 0.633 bits per heavy atom. The summed E-state index contributed by atoms with van der Waals surface area (Å²) in [4.78, 5) is 54.9. The maximum Gasteiger partial charge on any atom is 0.305 e. The molecule has 3 aromatic rings. The van der Waals surface area contributed by atoms with Crippen molar-refractivity contribution >= 4 is 62.4 Å². The van der Waals surface area contributed by atoms with Gasteiger partial charge in [-0.25, -0.2) is 13.4 Å². The van der Waals surface area contributed by atoms with Crippen molar-refractivity contribution < 1.29 is 76.1 Å². The number of anilines is 3. The van der Waals surface area contributed by atoms with E-state index in [1.54, 1.807) is 11.8 Å². The van der Waals surface area contributed by atoms with Gasteiger partial charge in [-0.1, -0.05) is 37.5 Å². The number of benzene rings is 2. The van der Waals surface area contributed by atoms with Crippen LogP contribution in [0.1, 0.15) is 114 Å². The molecule has 0 atom stereocenters. The van der Waals surface area contributed by atoms with E-state index in [1.165, 1.54) is 26.4 Å². The van der Waals surface area contributed by atoms with Crippen molar-refractivity contribution in [1.29, 1.82) is 5.26 Å². The van der Waals surface area contributed by atoms with Crippen LogP contribution >= 0.6 is 0 Å². The Bertz CT molecular complexity index is 2450. The first-order valence-corrected chi connectivity index (χ1v) is 28.6. The van der Waals surface area contributed by atoms with Gasteiger partial charge in [0.2, 0.25) is 0 Å². The van der Waals surface area contributed by atoms with E-state index in [1.807, 2.05) is 30.3 Å². The molecule has 0 spiro atoms. The first-order chi connectivity index (χ1) is 38.3. The van der Waals surface area contributed by atoms with Gasteiger partial charge >= 0.3 is 23.9 Å². The number of esters is 4. The number of sulfone groups is 1. The lowest BCUT2D eigenvalue weighted by Gasteiger charge is -2.22. The molecule has 0 saturated carbocycles. The Kier molecular flexibility index (Phi) is 33.7. The number of aliphatic hydroxyl groups is 3. The monoisotopic (exact) mass is 1130 g/mol. The molecule has 438 valence electrons. The first kappa shape index (κ1) is 66.8. The van der Waals surface area contributed by atoms with Crippen LogP contribution in [0.2, 0.25) is 0 Å². The number of ether oxygens (including phenoxy) is 7. The minimum atomic E-state index is -4.10. The maximum atomic E-state index is 14.1. The summed E-state index contributed by atoms with van der Waals surface area (Å²) in [5.41, 5.74) is 1.55. The standard InChI is InChI=1S/C55H81N7O16S/c1-42-44(41-56)54(57-25-33-74-36-37-78-52(69)24-14-8-18-32-75-49(66)21-11-5-15-29-63)59-55(58-43-19-9-4-10-20-43)53(42)61-60-45-39-47(73-3)48(40-46(45)72-2)79(70,71)38-28-62(26-34-76-50(67)22-12-6-16-30-64)27-35-77-51(68)23-13-7-17-31-65/h4,9-10,19-20,39-40,63-65H,5-8,11-18,21-38H2,1-3H3,(H2,57,58,59). The third-order valence-corrected chi connectivity index (χ3v) is 13.8. The zero-order valence-corrected chi connectivity index (χ0v) is 46.9. The molecular formula is C55H81N7O16S. The lowest BCUT2D eigenvalue weighted by Crippen LogP contribution is -2.36. The zero-order chi connectivity index (χ0) is 57.5. The molecule has 0 aliphatic heterocycles. The van der Waals surface area contributed by atoms with Crippen molar-refractivity contribution in [3.63, 3.8) is 0 Å². The van der Waals surface area contributed by atoms with Crippen LogP contribution in [0.4, 0.5) is 28.7 Å². The zero-order valence-electron chi connectivity index (χ0n) is 46.0. The van der Waals surface area contributed by atoms with E-state index < -0.39 is 27.5 Å². The molecule has 2 aromatic carbocycles. The number of nitrogens with zero attached hydrogens (tertiary/aromatic N) is 5. The van der Waals surface area contributed by atoms with Crippen molar-refractivity contribution in [1.82, 2.24) is 9.88 Å². The summed E-state index contributed by atoms with van der Waals surface area (Å²) in [6.45, 7) is 3.00. The van der Waals surface area contributed by atoms with Gasteiger partial charge in [0.25, 0.3) is 0 Å². The van der Waals surface area contributed by atoms with Gasteiger partial charge in [0.05, 0.1) is 45.4 Å². The lowest BCUT2D eigenvalue weighted by molar-refractivity contribution is -0.146. The lowest BCUT2D eigenvalue weighted by atomic mass is 10.1. The van der Waals surface area contributed by atoms with Crippen molar-refractivity contribution in [3.05, 3.63) is 53.6 Å². The van der Waals surface area contributed by atoms with Crippen LogP contribution in [0.5, 0.6) is 11.5 Å². The fourth-order valence-electron chi connectivity index (χ4n) is 7.63. The molecule has 0 unspecified atom stereocenters. The predicted molar refractivity (Wildman–Crippen MR) is 294 cm³/mol. The van der Waals surface area contributed by atoms with Crippen LogP contribution in [0.15, 0.2) is 57.6 Å². The predicted octanol–water partition coefficient (Wildman–Crippen LogP) is 7.33. The molecule has 1 heterocycles. The third kappa shape index (κ3) is 26.8. The minimum Gasteiger partial charge on any atom is -0.495 e. The average Bonchev–Trinajstić information content (AvgIpc) is 3.51. The second-order valence-electron chi connectivity index (χ2n) is 18.1. The van der Waals surface area contributed by atoms with Gasteiger partial charge in [-0.15, -0.1) is 10.2 Å². The van der Waals surface area contributed by atoms with E-state index in [2.05, 4.69) is 26.9 Å². The van der Waals surface area contributed by atoms with Gasteiger partial charge in [-0.2, -0.15) is 5.26 Å². The van der Waals surface area contributed by atoms with Gasteiger partial charge in [-0.3, -0.25) is 24.1 Å². The molecule has 0 aliphatic rings. The van der Waals surface area contributed by atoms with E-state index in [0.29, 0.717) is 94.9 Å². The summed E-state index contributed by atoms with van der Waals surface area (Å²) in [6, 6.07) is 14.0. The number of aliphatic hydroxyl groups excluding tert-OH is 3. The highest BCUT2D eigenvalue weighted by Crippen LogP contribution is 2.41. The van der Waals surface area contributed by atoms with E-state index in [4.69, 9.17) is 53.5 Å². The number of pyridine rings is 1. The number of nitriles is 1. The summed E-state index contributed by atoms with van der Waals surface area (Å²) < 4.78 is 66.4. The number of carbonyl (C=O) groups is 4. The molecule has 0 aliphatic carbocycles. The smallest absolute Gasteiger partial charge is 0.305 e. The number of unbranched alkanes of at least 4 members (excludes halogenated alkanes) is 8. The van der Waals surface area contributed by atoms with Crippen LogP contribution in [0.3, 0.4) is 0 Å². The summed E-state index contributed by atoms with van der Waals surface area (Å²) in [6.07, 6.45) is 8.59. The van der Waals surface area contributed by atoms with Crippen LogP contribution in [0.25, 0.3) is 0 Å². The van der Waals surface area contributed by atoms with Crippen molar-refractivity contribution in [2.75, 3.05) is 116 Å². The number of azo groups is 1. The first-order valence-electron chi connectivity index (χ1n) is 27.0. The Balaban J connectivity index is 1.70. The van der Waals surface area contributed by atoms with E-state index in [0.717, 1.165) is 6.42 Å². The molecule has 79 heavy (non-hydrogen) atoms. The summed E-state index contributed by atoms with van der Waals surface area (Å²) in [5, 5.41) is 52.6. The van der Waals surface area contributed by atoms with E-state index >= 15 is 0 Å². The molecule has 24 heteroatoms.